The minimum atomic E-state index is -0.288. The molecule has 1 heterocycles. The molecule has 8 atom stereocenters. The Bertz CT molecular complexity index is 669. The highest BCUT2D eigenvalue weighted by Crippen LogP contribution is 2.67. The molecule has 1 aliphatic heterocycles. The van der Waals surface area contributed by atoms with Crippen LogP contribution in [-0.4, -0.2) is 11.9 Å². The van der Waals surface area contributed by atoms with Crippen molar-refractivity contribution in [2.75, 3.05) is 0 Å². The van der Waals surface area contributed by atoms with E-state index in [1.807, 2.05) is 0 Å². The maximum atomic E-state index is 12.4. The molecule has 0 radical (unpaired) electrons. The first-order valence-electron chi connectivity index (χ1n) is 12.9. The minimum absolute atomic E-state index is 0.0472. The van der Waals surface area contributed by atoms with Gasteiger partial charge in [0, 0.05) is 6.42 Å². The summed E-state index contributed by atoms with van der Waals surface area (Å²) in [5.41, 5.74) is 0.428. The zero-order valence-corrected chi connectivity index (χ0v) is 20.0. The molecule has 3 nitrogen and oxygen atoms in total. The molecule has 3 heteroatoms. The minimum Gasteiger partial charge on any atom is -0.393 e. The molecule has 0 bridgehead atoms. The number of hydrogen-bond acceptors (Lipinski definition) is 3. The second-order valence-electron chi connectivity index (χ2n) is 12.4. The second kappa shape index (κ2) is 8.24. The lowest BCUT2D eigenvalue weighted by molar-refractivity contribution is -0.159. The number of ether oxygens (including phenoxy) is 1. The zero-order valence-electron chi connectivity index (χ0n) is 20.0. The monoisotopic (exact) mass is 416 g/mol. The number of esters is 2. The van der Waals surface area contributed by atoms with E-state index in [0.29, 0.717) is 30.1 Å². The summed E-state index contributed by atoms with van der Waals surface area (Å²) in [6.45, 7) is 12.1. The third kappa shape index (κ3) is 3.77. The molecule has 3 aliphatic carbocycles. The van der Waals surface area contributed by atoms with Crippen LogP contribution in [0.2, 0.25) is 0 Å². The lowest BCUT2D eigenvalue weighted by atomic mass is 9.46. The molecule has 0 amide bonds. The lowest BCUT2D eigenvalue weighted by Crippen LogP contribution is -2.52. The van der Waals surface area contributed by atoms with Gasteiger partial charge in [0.05, 0.1) is 6.42 Å². The summed E-state index contributed by atoms with van der Waals surface area (Å²) in [7, 11) is 0. The third-order valence-corrected chi connectivity index (χ3v) is 10.4. The summed E-state index contributed by atoms with van der Waals surface area (Å²) < 4.78 is 5.08. The molecule has 0 spiro atoms. The first kappa shape index (κ1) is 22.3. The van der Waals surface area contributed by atoms with Crippen molar-refractivity contribution < 1.29 is 14.3 Å². The van der Waals surface area contributed by atoms with E-state index in [9.17, 15) is 9.59 Å². The van der Waals surface area contributed by atoms with Gasteiger partial charge < -0.3 is 4.74 Å². The number of carbonyl (C=O) groups is 2. The third-order valence-electron chi connectivity index (χ3n) is 10.4. The van der Waals surface area contributed by atoms with Gasteiger partial charge in [-0.3, -0.25) is 9.59 Å². The van der Waals surface area contributed by atoms with Crippen LogP contribution in [0.1, 0.15) is 105 Å². The molecular formula is C27H44O3. The van der Waals surface area contributed by atoms with Gasteiger partial charge >= 0.3 is 11.9 Å². The first-order valence-corrected chi connectivity index (χ1v) is 12.9. The molecule has 0 aromatic heterocycles. The van der Waals surface area contributed by atoms with Crippen LogP contribution in [0, 0.1) is 52.3 Å². The normalized spacial score (nSPS) is 44.7. The van der Waals surface area contributed by atoms with Crippen molar-refractivity contribution in [3.05, 3.63) is 0 Å². The molecule has 3 saturated carbocycles. The van der Waals surface area contributed by atoms with Gasteiger partial charge in [-0.15, -0.1) is 0 Å². The number of hydrogen-bond donors (Lipinski definition) is 0. The van der Waals surface area contributed by atoms with Crippen molar-refractivity contribution >= 4 is 11.9 Å². The van der Waals surface area contributed by atoms with Crippen LogP contribution in [0.4, 0.5) is 0 Å². The van der Waals surface area contributed by atoms with E-state index in [0.717, 1.165) is 36.0 Å². The highest BCUT2D eigenvalue weighted by Gasteiger charge is 2.61. The maximum Gasteiger partial charge on any atom is 0.314 e. The van der Waals surface area contributed by atoms with Crippen LogP contribution in [0.3, 0.4) is 0 Å². The van der Waals surface area contributed by atoms with Gasteiger partial charge in [-0.25, -0.2) is 0 Å². The van der Waals surface area contributed by atoms with Gasteiger partial charge in [-0.2, -0.15) is 0 Å². The Kier molecular flexibility index (Phi) is 6.14. The number of rotatable bonds is 5. The van der Waals surface area contributed by atoms with E-state index >= 15 is 0 Å². The van der Waals surface area contributed by atoms with E-state index in [-0.39, 0.29) is 17.4 Å². The van der Waals surface area contributed by atoms with Crippen LogP contribution in [-0.2, 0) is 14.3 Å². The summed E-state index contributed by atoms with van der Waals surface area (Å²) in [5, 5.41) is 0. The topological polar surface area (TPSA) is 43.4 Å². The fourth-order valence-electron chi connectivity index (χ4n) is 8.89. The Morgan fingerprint density at radius 1 is 0.900 bits per heavy atom. The van der Waals surface area contributed by atoms with E-state index in [1.54, 1.807) is 0 Å². The van der Waals surface area contributed by atoms with Crippen molar-refractivity contribution in [2.45, 2.75) is 105 Å². The summed E-state index contributed by atoms with van der Waals surface area (Å²) in [6, 6.07) is 0. The first-order chi connectivity index (χ1) is 14.1. The van der Waals surface area contributed by atoms with Crippen LogP contribution >= 0.6 is 0 Å². The number of cyclic esters (lactones) is 2. The van der Waals surface area contributed by atoms with E-state index in [1.165, 1.54) is 51.4 Å². The van der Waals surface area contributed by atoms with Crippen molar-refractivity contribution in [3.8, 4) is 0 Å². The number of fused-ring (bicyclic) bond motifs is 5. The molecule has 4 fully saturated rings. The van der Waals surface area contributed by atoms with Crippen LogP contribution < -0.4 is 0 Å². The largest absolute Gasteiger partial charge is 0.393 e. The lowest BCUT2D eigenvalue weighted by Gasteiger charge is -2.58. The summed E-state index contributed by atoms with van der Waals surface area (Å²) >= 11 is 0. The van der Waals surface area contributed by atoms with Gasteiger partial charge in [-0.1, -0.05) is 53.9 Å². The Balaban J connectivity index is 1.50. The molecule has 4 rings (SSSR count). The number of carbonyl (C=O) groups excluding carboxylic acids is 2. The van der Waals surface area contributed by atoms with Crippen LogP contribution in [0.15, 0.2) is 0 Å². The molecule has 0 unspecified atom stereocenters. The Labute approximate surface area is 184 Å². The summed E-state index contributed by atoms with van der Waals surface area (Å²) in [4.78, 5) is 24.5. The fourth-order valence-corrected chi connectivity index (χ4v) is 8.89. The van der Waals surface area contributed by atoms with Crippen molar-refractivity contribution in [3.63, 3.8) is 0 Å². The predicted octanol–water partition coefficient (Wildman–Crippen LogP) is 6.79. The van der Waals surface area contributed by atoms with Gasteiger partial charge in [-0.05, 0) is 90.8 Å². The Hall–Kier alpha value is -0.860. The highest BCUT2D eigenvalue weighted by atomic mass is 16.6. The second-order valence-corrected chi connectivity index (χ2v) is 12.4. The average molecular weight is 417 g/mol. The molecule has 170 valence electrons. The van der Waals surface area contributed by atoms with Crippen LogP contribution in [0.25, 0.3) is 0 Å². The van der Waals surface area contributed by atoms with Crippen molar-refractivity contribution in [2.24, 2.45) is 52.3 Å². The summed E-state index contributed by atoms with van der Waals surface area (Å²) in [6.07, 6.45) is 12.7. The van der Waals surface area contributed by atoms with E-state index < -0.39 is 0 Å². The molecule has 0 aromatic carbocycles. The molecule has 0 N–H and O–H groups in total. The fraction of sp³-hybridized carbons (Fsp3) is 0.926. The highest BCUT2D eigenvalue weighted by molar-refractivity contribution is 5.87. The Morgan fingerprint density at radius 2 is 1.63 bits per heavy atom. The molecule has 30 heavy (non-hydrogen) atoms. The quantitative estimate of drug-likeness (QED) is 0.366. The van der Waals surface area contributed by atoms with Crippen molar-refractivity contribution in [1.29, 1.82) is 0 Å². The zero-order chi connectivity index (χ0) is 21.7. The van der Waals surface area contributed by atoms with E-state index in [2.05, 4.69) is 34.6 Å². The van der Waals surface area contributed by atoms with Crippen LogP contribution in [0.5, 0.6) is 0 Å². The smallest absolute Gasteiger partial charge is 0.314 e. The molecule has 1 saturated heterocycles. The summed E-state index contributed by atoms with van der Waals surface area (Å²) in [5.74, 6) is 4.39. The Morgan fingerprint density at radius 3 is 2.37 bits per heavy atom. The van der Waals surface area contributed by atoms with Gasteiger partial charge in [0.15, 0.2) is 0 Å². The predicted molar refractivity (Wildman–Crippen MR) is 120 cm³/mol. The van der Waals surface area contributed by atoms with E-state index in [4.69, 9.17) is 4.74 Å². The maximum absolute atomic E-state index is 12.4. The molecule has 4 aliphatic rings. The average Bonchev–Trinajstić information content (AvgIpc) is 2.94. The van der Waals surface area contributed by atoms with Gasteiger partial charge in [0.1, 0.15) is 0 Å². The molecular weight excluding hydrogens is 372 g/mol. The van der Waals surface area contributed by atoms with Gasteiger partial charge in [0.2, 0.25) is 0 Å². The SMILES string of the molecule is CC(C)CCC[C@@H](C)[C@H]1CC[C@@H]2[C@H]3CC[C@H]4CC(=O)OC(=O)C[C@]4(C)[C@@H]3CC[C@@]21C. The van der Waals surface area contributed by atoms with Crippen molar-refractivity contribution in [1.82, 2.24) is 0 Å². The van der Waals surface area contributed by atoms with Gasteiger partial charge in [0.25, 0.3) is 0 Å². The molecule has 0 aromatic rings. The standard InChI is InChI=1S/C27H44O3/c1-17(2)7-6-8-18(3)21-11-12-22-20-10-9-19-15-24(28)30-25(29)16-27(19,5)23(20)13-14-26(21,22)4/h17-23H,6-16H2,1-5H3/t18-,19+,20-,21-,22-,23-,26-,27+/m1/s1.